The van der Waals surface area contributed by atoms with Gasteiger partial charge >= 0.3 is 0 Å². The maximum Gasteiger partial charge on any atom is 0.0941 e. The van der Waals surface area contributed by atoms with Crippen molar-refractivity contribution in [3.63, 3.8) is 0 Å². The molecule has 0 amide bonds. The molecule has 0 unspecified atom stereocenters. The minimum absolute atomic E-state index is 0.366. The summed E-state index contributed by atoms with van der Waals surface area (Å²) < 4.78 is 1.18. The molecule has 3 rings (SSSR count). The van der Waals surface area contributed by atoms with Crippen molar-refractivity contribution in [1.82, 2.24) is 4.98 Å². The third-order valence-corrected chi connectivity index (χ3v) is 4.83. The van der Waals surface area contributed by atoms with E-state index < -0.39 is 0 Å². The number of benzene rings is 1. The van der Waals surface area contributed by atoms with E-state index >= 15 is 0 Å². The number of hydrogen-bond acceptors (Lipinski definition) is 3. The van der Waals surface area contributed by atoms with Gasteiger partial charge in [-0.25, -0.2) is 4.98 Å². The van der Waals surface area contributed by atoms with Crippen LogP contribution in [0.25, 0.3) is 10.2 Å². The van der Waals surface area contributed by atoms with Gasteiger partial charge in [0.15, 0.2) is 0 Å². The number of aromatic nitrogens is 1. The molecule has 1 aliphatic carbocycles. The van der Waals surface area contributed by atoms with Gasteiger partial charge in [0.05, 0.1) is 15.2 Å². The molecule has 1 heterocycles. The molecule has 0 radical (unpaired) electrons. The van der Waals surface area contributed by atoms with Gasteiger partial charge in [0, 0.05) is 17.5 Å². The van der Waals surface area contributed by atoms with Crippen molar-refractivity contribution in [2.45, 2.75) is 31.7 Å². The molecule has 17 heavy (non-hydrogen) atoms. The van der Waals surface area contributed by atoms with E-state index in [0.717, 1.165) is 17.0 Å². The molecule has 90 valence electrons. The van der Waals surface area contributed by atoms with Gasteiger partial charge in [-0.1, -0.05) is 18.0 Å². The molecule has 2 aromatic rings. The Labute approximate surface area is 110 Å². The van der Waals surface area contributed by atoms with Gasteiger partial charge in [0.25, 0.3) is 0 Å². The Hall–Kier alpha value is -0.640. The summed E-state index contributed by atoms with van der Waals surface area (Å²) in [5, 5.41) is 1.98. The normalized spacial score (nSPS) is 24.6. The van der Waals surface area contributed by atoms with Crippen molar-refractivity contribution >= 4 is 33.2 Å². The second-order valence-corrected chi connectivity index (χ2v) is 6.33. The highest BCUT2D eigenvalue weighted by atomic mass is 35.5. The first-order valence-corrected chi connectivity index (χ1v) is 7.22. The quantitative estimate of drug-likeness (QED) is 0.902. The third-order valence-electron chi connectivity index (χ3n) is 3.55. The van der Waals surface area contributed by atoms with E-state index in [0.29, 0.717) is 12.0 Å². The molecule has 4 heteroatoms. The largest absolute Gasteiger partial charge is 0.327 e. The lowest BCUT2D eigenvalue weighted by Crippen LogP contribution is -2.25. The monoisotopic (exact) mass is 266 g/mol. The van der Waals surface area contributed by atoms with E-state index in [2.05, 4.69) is 4.98 Å². The Morgan fingerprint density at radius 3 is 3.06 bits per heavy atom. The van der Waals surface area contributed by atoms with E-state index in [1.165, 1.54) is 29.0 Å². The minimum Gasteiger partial charge on any atom is -0.327 e. The summed E-state index contributed by atoms with van der Waals surface area (Å²) in [7, 11) is 0. The highest BCUT2D eigenvalue weighted by Crippen LogP contribution is 2.31. The zero-order valence-corrected chi connectivity index (χ0v) is 11.1. The summed E-state index contributed by atoms with van der Waals surface area (Å²) in [4.78, 5) is 4.66. The summed E-state index contributed by atoms with van der Waals surface area (Å²) in [6.45, 7) is 0. The average Bonchev–Trinajstić information content (AvgIpc) is 2.85. The van der Waals surface area contributed by atoms with Crippen molar-refractivity contribution in [3.05, 3.63) is 28.2 Å². The van der Waals surface area contributed by atoms with Crippen LogP contribution >= 0.6 is 22.9 Å². The zero-order chi connectivity index (χ0) is 11.8. The summed E-state index contributed by atoms with van der Waals surface area (Å²) in [5.74, 6) is 0.617. The third kappa shape index (κ3) is 2.32. The van der Waals surface area contributed by atoms with E-state index in [-0.39, 0.29) is 0 Å². The first kappa shape index (κ1) is 11.5. The fraction of sp³-hybridized carbons (Fsp3) is 0.462. The lowest BCUT2D eigenvalue weighted by Gasteiger charge is -2.12. The molecule has 1 aromatic heterocycles. The fourth-order valence-electron chi connectivity index (χ4n) is 2.58. The molecule has 1 aromatic carbocycles. The van der Waals surface area contributed by atoms with Crippen molar-refractivity contribution < 1.29 is 0 Å². The van der Waals surface area contributed by atoms with Crippen molar-refractivity contribution in [1.29, 1.82) is 0 Å². The summed E-state index contributed by atoms with van der Waals surface area (Å²) in [6.07, 6.45) is 4.71. The second-order valence-electron chi connectivity index (χ2n) is 4.78. The Morgan fingerprint density at radius 1 is 1.41 bits per heavy atom. The van der Waals surface area contributed by atoms with Crippen LogP contribution < -0.4 is 5.73 Å². The Bertz CT molecular complexity index is 537. The van der Waals surface area contributed by atoms with Crippen LogP contribution in [0.5, 0.6) is 0 Å². The number of rotatable bonds is 2. The molecule has 0 aliphatic heterocycles. The van der Waals surface area contributed by atoms with Gasteiger partial charge in [0.2, 0.25) is 0 Å². The van der Waals surface area contributed by atoms with Crippen LogP contribution in [0.15, 0.2) is 18.2 Å². The van der Waals surface area contributed by atoms with Crippen molar-refractivity contribution in [2.24, 2.45) is 11.7 Å². The first-order valence-electron chi connectivity index (χ1n) is 6.03. The standard InChI is InChI=1S/C13H15ClN2S/c14-9-4-5-11-12(7-9)17-13(16-11)6-8-2-1-3-10(8)15/h4-5,7-8,10H,1-3,6,15H2/t8-,10-/m1/s1. The maximum atomic E-state index is 6.10. The van der Waals surface area contributed by atoms with Gasteiger partial charge in [-0.2, -0.15) is 0 Å². The second kappa shape index (κ2) is 4.56. The minimum atomic E-state index is 0.366. The molecule has 2 N–H and O–H groups in total. The van der Waals surface area contributed by atoms with E-state index in [4.69, 9.17) is 17.3 Å². The molecule has 1 fully saturated rings. The maximum absolute atomic E-state index is 6.10. The number of thiazole rings is 1. The number of fused-ring (bicyclic) bond motifs is 1. The molecule has 1 saturated carbocycles. The Kier molecular flexibility index (Phi) is 3.07. The number of nitrogens with two attached hydrogens (primary N) is 1. The van der Waals surface area contributed by atoms with Gasteiger partial charge in [-0.05, 0) is 37.0 Å². The van der Waals surface area contributed by atoms with Crippen LogP contribution in [0.2, 0.25) is 5.02 Å². The predicted molar refractivity (Wildman–Crippen MR) is 73.7 cm³/mol. The van der Waals surface area contributed by atoms with E-state index in [9.17, 15) is 0 Å². The van der Waals surface area contributed by atoms with Crippen LogP contribution in [-0.4, -0.2) is 11.0 Å². The van der Waals surface area contributed by atoms with Crippen LogP contribution in [-0.2, 0) is 6.42 Å². The Morgan fingerprint density at radius 2 is 2.29 bits per heavy atom. The van der Waals surface area contributed by atoms with Crippen LogP contribution in [0.4, 0.5) is 0 Å². The number of halogens is 1. The zero-order valence-electron chi connectivity index (χ0n) is 9.53. The topological polar surface area (TPSA) is 38.9 Å². The molecular formula is C13H15ClN2S. The summed E-state index contributed by atoms with van der Waals surface area (Å²) >= 11 is 7.73. The van der Waals surface area contributed by atoms with Gasteiger partial charge in [-0.3, -0.25) is 0 Å². The number of hydrogen-bond donors (Lipinski definition) is 1. The Balaban J connectivity index is 1.85. The molecule has 0 spiro atoms. The summed E-state index contributed by atoms with van der Waals surface area (Å²) in [5.41, 5.74) is 7.16. The molecule has 0 bridgehead atoms. The van der Waals surface area contributed by atoms with Crippen molar-refractivity contribution in [3.8, 4) is 0 Å². The molecule has 0 saturated heterocycles. The SMILES string of the molecule is N[C@@H]1CCC[C@@H]1Cc1nc2ccc(Cl)cc2s1. The van der Waals surface area contributed by atoms with Crippen LogP contribution in [0.3, 0.4) is 0 Å². The average molecular weight is 267 g/mol. The molecule has 2 atom stereocenters. The number of nitrogens with zero attached hydrogens (tertiary/aromatic N) is 1. The summed E-state index contributed by atoms with van der Waals surface area (Å²) in [6, 6.07) is 6.25. The fourth-order valence-corrected chi connectivity index (χ4v) is 3.91. The highest BCUT2D eigenvalue weighted by Gasteiger charge is 2.25. The smallest absolute Gasteiger partial charge is 0.0941 e. The van der Waals surface area contributed by atoms with Gasteiger partial charge in [0.1, 0.15) is 0 Å². The van der Waals surface area contributed by atoms with E-state index in [1.807, 2.05) is 18.2 Å². The van der Waals surface area contributed by atoms with Gasteiger partial charge < -0.3 is 5.73 Å². The van der Waals surface area contributed by atoms with Crippen LogP contribution in [0, 0.1) is 5.92 Å². The first-order chi connectivity index (χ1) is 8.22. The lowest BCUT2D eigenvalue weighted by atomic mass is 10.0. The van der Waals surface area contributed by atoms with Gasteiger partial charge in [-0.15, -0.1) is 11.3 Å². The highest BCUT2D eigenvalue weighted by molar-refractivity contribution is 7.18. The van der Waals surface area contributed by atoms with Crippen LogP contribution in [0.1, 0.15) is 24.3 Å². The predicted octanol–water partition coefficient (Wildman–Crippen LogP) is 3.62. The molecular weight excluding hydrogens is 252 g/mol. The molecule has 1 aliphatic rings. The lowest BCUT2D eigenvalue weighted by molar-refractivity contribution is 0.478. The molecule has 2 nitrogen and oxygen atoms in total. The van der Waals surface area contributed by atoms with Crippen molar-refractivity contribution in [2.75, 3.05) is 0 Å². The van der Waals surface area contributed by atoms with E-state index in [1.54, 1.807) is 11.3 Å².